The van der Waals surface area contributed by atoms with Crippen molar-refractivity contribution in [2.45, 2.75) is 17.9 Å². The van der Waals surface area contributed by atoms with Gasteiger partial charge in [-0.05, 0) is 48.4 Å². The van der Waals surface area contributed by atoms with Crippen LogP contribution in [0.4, 0.5) is 10.1 Å². The number of anilines is 1. The van der Waals surface area contributed by atoms with Crippen LogP contribution in [0.3, 0.4) is 0 Å². The van der Waals surface area contributed by atoms with Crippen molar-refractivity contribution in [3.8, 4) is 0 Å². The van der Waals surface area contributed by atoms with Crippen molar-refractivity contribution < 1.29 is 13.0 Å². The molecule has 2 N–H and O–H groups in total. The summed E-state index contributed by atoms with van der Waals surface area (Å²) in [6, 6.07) is 9.46. The summed E-state index contributed by atoms with van der Waals surface area (Å²) in [6.45, 7) is 1.85. The number of oxazole rings is 1. The quantitative estimate of drug-likeness (QED) is 0.755. The van der Waals surface area contributed by atoms with E-state index in [-0.39, 0.29) is 16.8 Å². The molecule has 6 heteroatoms. The molecule has 108 valence electrons. The fourth-order valence-electron chi connectivity index (χ4n) is 2.02. The van der Waals surface area contributed by atoms with Crippen LogP contribution in [0, 0.1) is 12.7 Å². The average molecular weight is 304 g/mol. The molecule has 0 spiro atoms. The number of benzene rings is 2. The minimum Gasteiger partial charge on any atom is -0.430 e. The maximum Gasteiger partial charge on any atom is 0.288 e. The third-order valence-electron chi connectivity index (χ3n) is 3.18. The Morgan fingerprint density at radius 3 is 2.90 bits per heavy atom. The maximum atomic E-state index is 13.3. The van der Waals surface area contributed by atoms with Gasteiger partial charge in [-0.25, -0.2) is 13.6 Å². The molecule has 1 heterocycles. The van der Waals surface area contributed by atoms with E-state index < -0.39 is 10.8 Å². The Labute approximate surface area is 123 Å². The van der Waals surface area contributed by atoms with E-state index >= 15 is 0 Å². The highest BCUT2D eigenvalue weighted by atomic mass is 32.2. The second-order valence-electron chi connectivity index (χ2n) is 4.77. The zero-order valence-corrected chi connectivity index (χ0v) is 12.1. The smallest absolute Gasteiger partial charge is 0.288 e. The van der Waals surface area contributed by atoms with Gasteiger partial charge in [0.05, 0.1) is 5.75 Å². The minimum atomic E-state index is -1.48. The lowest BCUT2D eigenvalue weighted by Gasteiger charge is -2.03. The first-order chi connectivity index (χ1) is 10.0. The first-order valence-electron chi connectivity index (χ1n) is 6.32. The van der Waals surface area contributed by atoms with Crippen molar-refractivity contribution in [2.75, 3.05) is 5.73 Å². The lowest BCUT2D eigenvalue weighted by Crippen LogP contribution is -1.99. The first kappa shape index (κ1) is 13.8. The summed E-state index contributed by atoms with van der Waals surface area (Å²) < 4.78 is 31.1. The van der Waals surface area contributed by atoms with Gasteiger partial charge in [0.15, 0.2) is 5.58 Å². The summed E-state index contributed by atoms with van der Waals surface area (Å²) in [5.74, 6) is -0.191. The second kappa shape index (κ2) is 5.29. The highest BCUT2D eigenvalue weighted by Gasteiger charge is 2.15. The number of fused-ring (bicyclic) bond motifs is 1. The van der Waals surface area contributed by atoms with E-state index in [1.807, 2.05) is 6.92 Å². The van der Waals surface area contributed by atoms with Crippen LogP contribution in [0.5, 0.6) is 0 Å². The van der Waals surface area contributed by atoms with E-state index in [0.717, 1.165) is 5.56 Å². The molecule has 0 saturated heterocycles. The molecule has 0 fully saturated rings. The summed E-state index contributed by atoms with van der Waals surface area (Å²) in [5.41, 5.74) is 8.89. The molecule has 2 aromatic carbocycles. The summed E-state index contributed by atoms with van der Waals surface area (Å²) in [5, 5.41) is 0.124. The van der Waals surface area contributed by atoms with Crippen LogP contribution < -0.4 is 5.73 Å². The van der Waals surface area contributed by atoms with Crippen LogP contribution in [0.25, 0.3) is 11.1 Å². The third-order valence-corrected chi connectivity index (χ3v) is 4.32. The van der Waals surface area contributed by atoms with Crippen LogP contribution >= 0.6 is 0 Å². The van der Waals surface area contributed by atoms with Crippen molar-refractivity contribution in [1.29, 1.82) is 0 Å². The summed E-state index contributed by atoms with van der Waals surface area (Å²) >= 11 is 0. The molecule has 3 rings (SSSR count). The Kier molecular flexibility index (Phi) is 3.47. The molecular weight excluding hydrogens is 291 g/mol. The van der Waals surface area contributed by atoms with E-state index in [4.69, 9.17) is 10.2 Å². The number of hydrogen-bond donors (Lipinski definition) is 1. The molecular formula is C15H13FN2O2S. The number of hydrogen-bond acceptors (Lipinski definition) is 4. The van der Waals surface area contributed by atoms with Gasteiger partial charge < -0.3 is 10.2 Å². The Morgan fingerprint density at radius 1 is 1.29 bits per heavy atom. The van der Waals surface area contributed by atoms with Crippen molar-refractivity contribution >= 4 is 27.6 Å². The summed E-state index contributed by atoms with van der Waals surface area (Å²) in [4.78, 5) is 4.18. The molecule has 0 saturated carbocycles. The Balaban J connectivity index is 1.91. The van der Waals surface area contributed by atoms with Gasteiger partial charge >= 0.3 is 0 Å². The topological polar surface area (TPSA) is 69.1 Å². The van der Waals surface area contributed by atoms with E-state index in [1.54, 1.807) is 24.3 Å². The normalized spacial score (nSPS) is 12.7. The van der Waals surface area contributed by atoms with Crippen molar-refractivity contribution in [1.82, 2.24) is 4.98 Å². The number of nitrogen functional groups attached to an aromatic ring is 1. The van der Waals surface area contributed by atoms with Gasteiger partial charge in [0.25, 0.3) is 5.22 Å². The van der Waals surface area contributed by atoms with Crippen LogP contribution in [0.2, 0.25) is 0 Å². The molecule has 4 nitrogen and oxygen atoms in total. The number of aryl methyl sites for hydroxylation is 1. The summed E-state index contributed by atoms with van der Waals surface area (Å²) in [6.07, 6.45) is 0. The van der Waals surface area contributed by atoms with Gasteiger partial charge in [-0.1, -0.05) is 6.07 Å². The van der Waals surface area contributed by atoms with E-state index in [1.165, 1.54) is 12.1 Å². The standard InChI is InChI=1S/C15H13FN2O2S/c1-9-2-3-11(16)6-10(9)8-21(19)15-18-13-7-12(17)4-5-14(13)20-15/h2-7H,8,17H2,1H3. The monoisotopic (exact) mass is 304 g/mol. The van der Waals surface area contributed by atoms with Gasteiger partial charge in [-0.15, -0.1) is 0 Å². The second-order valence-corrected chi connectivity index (χ2v) is 6.10. The molecule has 21 heavy (non-hydrogen) atoms. The van der Waals surface area contributed by atoms with Gasteiger partial charge in [0.2, 0.25) is 0 Å². The van der Waals surface area contributed by atoms with E-state index in [0.29, 0.717) is 22.4 Å². The maximum absolute atomic E-state index is 13.3. The minimum absolute atomic E-state index is 0.124. The van der Waals surface area contributed by atoms with Crippen LogP contribution in [0.1, 0.15) is 11.1 Å². The lowest BCUT2D eigenvalue weighted by atomic mass is 10.1. The molecule has 3 aromatic rings. The van der Waals surface area contributed by atoms with Crippen LogP contribution in [0.15, 0.2) is 46.0 Å². The number of halogens is 1. The van der Waals surface area contributed by atoms with Gasteiger partial charge in [-0.2, -0.15) is 0 Å². The van der Waals surface area contributed by atoms with Crippen molar-refractivity contribution in [3.05, 3.63) is 53.3 Å². The number of nitrogens with zero attached hydrogens (tertiary/aromatic N) is 1. The molecule has 1 atom stereocenters. The van der Waals surface area contributed by atoms with Crippen LogP contribution in [-0.2, 0) is 16.6 Å². The predicted octanol–water partition coefficient (Wildman–Crippen LogP) is 3.17. The molecule has 0 aliphatic carbocycles. The fraction of sp³-hybridized carbons (Fsp3) is 0.133. The fourth-order valence-corrected chi connectivity index (χ4v) is 3.12. The van der Waals surface area contributed by atoms with Crippen molar-refractivity contribution in [2.24, 2.45) is 0 Å². The highest BCUT2D eigenvalue weighted by Crippen LogP contribution is 2.22. The largest absolute Gasteiger partial charge is 0.430 e. The number of nitrogens with two attached hydrogens (primary N) is 1. The van der Waals surface area contributed by atoms with E-state index in [2.05, 4.69) is 4.98 Å². The third kappa shape index (κ3) is 2.80. The number of aromatic nitrogens is 1. The predicted molar refractivity (Wildman–Crippen MR) is 79.7 cm³/mol. The Morgan fingerprint density at radius 2 is 2.10 bits per heavy atom. The average Bonchev–Trinajstić information content (AvgIpc) is 2.86. The zero-order valence-electron chi connectivity index (χ0n) is 11.3. The summed E-state index contributed by atoms with van der Waals surface area (Å²) in [7, 11) is -1.48. The van der Waals surface area contributed by atoms with E-state index in [9.17, 15) is 8.60 Å². The Hall–Kier alpha value is -2.21. The first-order valence-corrected chi connectivity index (χ1v) is 7.64. The molecule has 1 aromatic heterocycles. The molecule has 0 aliphatic rings. The van der Waals surface area contributed by atoms with Crippen molar-refractivity contribution in [3.63, 3.8) is 0 Å². The molecule has 0 aliphatic heterocycles. The molecule has 1 unspecified atom stereocenters. The van der Waals surface area contributed by atoms with Gasteiger partial charge in [0.1, 0.15) is 22.1 Å². The van der Waals surface area contributed by atoms with Crippen LogP contribution in [-0.4, -0.2) is 9.19 Å². The molecule has 0 radical (unpaired) electrons. The number of rotatable bonds is 3. The van der Waals surface area contributed by atoms with Gasteiger partial charge in [-0.3, -0.25) is 0 Å². The van der Waals surface area contributed by atoms with Gasteiger partial charge in [0, 0.05) is 5.69 Å². The SMILES string of the molecule is Cc1ccc(F)cc1CS(=O)c1nc2cc(N)ccc2o1. The molecule has 0 bridgehead atoms. The lowest BCUT2D eigenvalue weighted by molar-refractivity contribution is 0.477. The highest BCUT2D eigenvalue weighted by molar-refractivity contribution is 7.84. The molecule has 0 amide bonds. The Bertz CT molecular complexity index is 845. The zero-order chi connectivity index (χ0) is 15.0.